The van der Waals surface area contributed by atoms with Gasteiger partial charge in [-0.25, -0.2) is 0 Å². The van der Waals surface area contributed by atoms with Gasteiger partial charge in [0.1, 0.15) is 5.75 Å². The molecule has 0 unspecified atom stereocenters. The van der Waals surface area contributed by atoms with Crippen molar-refractivity contribution in [2.24, 2.45) is 0 Å². The molecule has 0 aliphatic heterocycles. The summed E-state index contributed by atoms with van der Waals surface area (Å²) in [6.07, 6.45) is 0. The third-order valence-corrected chi connectivity index (χ3v) is 2.32. The summed E-state index contributed by atoms with van der Waals surface area (Å²) in [4.78, 5) is 0. The lowest BCUT2D eigenvalue weighted by Gasteiger charge is -2.09. The molecule has 0 aliphatic rings. The maximum absolute atomic E-state index is 9.51. The first kappa shape index (κ1) is 12.0. The molecule has 1 nitrogen and oxygen atoms in total. The summed E-state index contributed by atoms with van der Waals surface area (Å²) in [6, 6.07) is 2.01. The van der Waals surface area contributed by atoms with Crippen molar-refractivity contribution < 1.29 is 5.11 Å². The van der Waals surface area contributed by atoms with Gasteiger partial charge in [-0.1, -0.05) is 19.9 Å². The highest BCUT2D eigenvalue weighted by molar-refractivity contribution is 5.47. The number of aromatic hydroxyl groups is 1. The van der Waals surface area contributed by atoms with Crippen molar-refractivity contribution in [2.75, 3.05) is 0 Å². The second-order valence-corrected chi connectivity index (χ2v) is 3.11. The first-order chi connectivity index (χ1) is 6.04. The number of hydrogen-bond acceptors (Lipinski definition) is 1. The van der Waals surface area contributed by atoms with E-state index in [0.29, 0.717) is 5.75 Å². The summed E-state index contributed by atoms with van der Waals surface area (Å²) in [5.41, 5.74) is 4.40. The fourth-order valence-electron chi connectivity index (χ4n) is 1.27. The molecule has 0 spiro atoms. The number of benzene rings is 1. The van der Waals surface area contributed by atoms with Crippen LogP contribution in [0, 0.1) is 27.7 Å². The monoisotopic (exact) mass is 180 g/mol. The van der Waals surface area contributed by atoms with Gasteiger partial charge >= 0.3 is 0 Å². The van der Waals surface area contributed by atoms with Crippen LogP contribution in [0.15, 0.2) is 6.07 Å². The molecule has 0 bridgehead atoms. The van der Waals surface area contributed by atoms with E-state index in [2.05, 4.69) is 6.92 Å². The minimum atomic E-state index is 0.438. The smallest absolute Gasteiger partial charge is 0.121 e. The molecular formula is C12H20O. The van der Waals surface area contributed by atoms with Gasteiger partial charge in [-0.3, -0.25) is 0 Å². The van der Waals surface area contributed by atoms with E-state index < -0.39 is 0 Å². The highest BCUT2D eigenvalue weighted by atomic mass is 16.3. The summed E-state index contributed by atoms with van der Waals surface area (Å²) >= 11 is 0. The van der Waals surface area contributed by atoms with E-state index in [9.17, 15) is 5.11 Å². The summed E-state index contributed by atoms with van der Waals surface area (Å²) in [6.45, 7) is 12.0. The summed E-state index contributed by atoms with van der Waals surface area (Å²) < 4.78 is 0. The lowest BCUT2D eigenvalue weighted by atomic mass is 10.00. The van der Waals surface area contributed by atoms with Gasteiger partial charge in [-0.2, -0.15) is 0 Å². The van der Waals surface area contributed by atoms with Gasteiger partial charge in [0.2, 0.25) is 0 Å². The molecule has 1 N–H and O–H groups in total. The molecule has 0 amide bonds. The van der Waals surface area contributed by atoms with Gasteiger partial charge < -0.3 is 5.11 Å². The normalized spacial score (nSPS) is 9.08. The van der Waals surface area contributed by atoms with Crippen LogP contribution >= 0.6 is 0 Å². The molecule has 1 rings (SSSR count). The van der Waals surface area contributed by atoms with Gasteiger partial charge in [-0.15, -0.1) is 0 Å². The molecule has 74 valence electrons. The molecule has 0 aliphatic carbocycles. The van der Waals surface area contributed by atoms with Crippen molar-refractivity contribution in [3.8, 4) is 5.75 Å². The van der Waals surface area contributed by atoms with Crippen LogP contribution < -0.4 is 0 Å². The molecule has 0 radical (unpaired) electrons. The second-order valence-electron chi connectivity index (χ2n) is 3.11. The van der Waals surface area contributed by atoms with Crippen LogP contribution in [0.4, 0.5) is 0 Å². The van der Waals surface area contributed by atoms with Gasteiger partial charge in [0.05, 0.1) is 0 Å². The van der Waals surface area contributed by atoms with Crippen molar-refractivity contribution in [3.05, 3.63) is 28.3 Å². The minimum Gasteiger partial charge on any atom is -0.507 e. The van der Waals surface area contributed by atoms with Crippen LogP contribution in [0.5, 0.6) is 5.75 Å². The van der Waals surface area contributed by atoms with Gasteiger partial charge in [0.25, 0.3) is 0 Å². The van der Waals surface area contributed by atoms with Crippen molar-refractivity contribution in [3.63, 3.8) is 0 Å². The van der Waals surface area contributed by atoms with Crippen molar-refractivity contribution in [2.45, 2.75) is 41.5 Å². The van der Waals surface area contributed by atoms with E-state index >= 15 is 0 Å². The van der Waals surface area contributed by atoms with E-state index in [-0.39, 0.29) is 0 Å². The molecule has 1 aromatic rings. The summed E-state index contributed by atoms with van der Waals surface area (Å²) in [5, 5.41) is 9.51. The Labute approximate surface area is 81.4 Å². The average molecular weight is 180 g/mol. The quantitative estimate of drug-likeness (QED) is 0.646. The van der Waals surface area contributed by atoms with Gasteiger partial charge in [0, 0.05) is 0 Å². The molecule has 1 heteroatoms. The Morgan fingerprint density at radius 3 is 1.77 bits per heavy atom. The molecule has 0 fully saturated rings. The van der Waals surface area contributed by atoms with Crippen LogP contribution in [0.2, 0.25) is 0 Å². The minimum absolute atomic E-state index is 0.438. The topological polar surface area (TPSA) is 20.2 Å². The average Bonchev–Trinajstić information content (AvgIpc) is 2.15. The van der Waals surface area contributed by atoms with E-state index in [1.807, 2.05) is 40.7 Å². The number of phenolic OH excluding ortho intramolecular Hbond substituents is 1. The zero-order valence-electron chi connectivity index (χ0n) is 9.52. The van der Waals surface area contributed by atoms with Crippen LogP contribution in [0.3, 0.4) is 0 Å². The zero-order chi connectivity index (χ0) is 10.6. The van der Waals surface area contributed by atoms with Crippen molar-refractivity contribution in [1.29, 1.82) is 0 Å². The maximum Gasteiger partial charge on any atom is 0.121 e. The number of rotatable bonds is 0. The fraction of sp³-hybridized carbons (Fsp3) is 0.500. The van der Waals surface area contributed by atoms with E-state index in [4.69, 9.17) is 0 Å². The number of aryl methyl sites for hydroxylation is 2. The Balaban J connectivity index is 0.000000671. The molecule has 0 atom stereocenters. The largest absolute Gasteiger partial charge is 0.507 e. The Hall–Kier alpha value is -0.980. The Bertz CT molecular complexity index is 261. The number of hydrogen-bond donors (Lipinski definition) is 1. The first-order valence-electron chi connectivity index (χ1n) is 4.80. The van der Waals surface area contributed by atoms with Crippen LogP contribution in [0.1, 0.15) is 36.1 Å². The van der Waals surface area contributed by atoms with Crippen LogP contribution in [0.25, 0.3) is 0 Å². The van der Waals surface area contributed by atoms with E-state index in [0.717, 1.165) is 11.1 Å². The van der Waals surface area contributed by atoms with Crippen molar-refractivity contribution >= 4 is 0 Å². The molecule has 0 saturated carbocycles. The van der Waals surface area contributed by atoms with E-state index in [1.165, 1.54) is 11.1 Å². The Kier molecular flexibility index (Phi) is 4.53. The third kappa shape index (κ3) is 2.48. The SMILES string of the molecule is CC.Cc1cc(C)c(O)c(C)c1C. The highest BCUT2D eigenvalue weighted by Gasteiger charge is 2.04. The van der Waals surface area contributed by atoms with Gasteiger partial charge in [-0.05, 0) is 49.9 Å². The highest BCUT2D eigenvalue weighted by Crippen LogP contribution is 2.26. The summed E-state index contributed by atoms with van der Waals surface area (Å²) in [7, 11) is 0. The second kappa shape index (κ2) is 4.90. The fourth-order valence-corrected chi connectivity index (χ4v) is 1.27. The van der Waals surface area contributed by atoms with Crippen molar-refractivity contribution in [1.82, 2.24) is 0 Å². The molecule has 13 heavy (non-hydrogen) atoms. The lowest BCUT2D eigenvalue weighted by molar-refractivity contribution is 0.466. The third-order valence-electron chi connectivity index (χ3n) is 2.32. The standard InChI is InChI=1S/C10H14O.C2H6/c1-6-5-7(2)10(11)9(4)8(6)3;1-2/h5,11H,1-4H3;1-2H3. The predicted octanol–water partition coefficient (Wildman–Crippen LogP) is 3.65. The number of phenols is 1. The molecule has 1 aromatic carbocycles. The molecule has 0 heterocycles. The van der Waals surface area contributed by atoms with Crippen LogP contribution in [-0.2, 0) is 0 Å². The molecule has 0 saturated heterocycles. The van der Waals surface area contributed by atoms with E-state index in [1.54, 1.807) is 0 Å². The van der Waals surface area contributed by atoms with Crippen LogP contribution in [-0.4, -0.2) is 5.11 Å². The summed E-state index contributed by atoms with van der Waals surface area (Å²) in [5.74, 6) is 0.438. The first-order valence-corrected chi connectivity index (χ1v) is 4.80. The Morgan fingerprint density at radius 2 is 1.31 bits per heavy atom. The predicted molar refractivity (Wildman–Crippen MR) is 58.4 cm³/mol. The lowest BCUT2D eigenvalue weighted by Crippen LogP contribution is -1.89. The molecular weight excluding hydrogens is 160 g/mol. The van der Waals surface area contributed by atoms with Gasteiger partial charge in [0.15, 0.2) is 0 Å². The maximum atomic E-state index is 9.51. The molecule has 0 aromatic heterocycles. The Morgan fingerprint density at radius 1 is 0.846 bits per heavy atom. The zero-order valence-corrected chi connectivity index (χ0v) is 9.52.